The Kier molecular flexibility index (Phi) is 8.15. The number of carbonyl (C=O) groups excluding carboxylic acids is 1. The Morgan fingerprint density at radius 2 is 2.12 bits per heavy atom. The lowest BCUT2D eigenvalue weighted by molar-refractivity contribution is 0.0684. The lowest BCUT2D eigenvalue weighted by Crippen LogP contribution is -2.42. The fourth-order valence-corrected chi connectivity index (χ4v) is 3.88. The van der Waals surface area contributed by atoms with Crippen LogP contribution in [0.1, 0.15) is 30.3 Å². The molecule has 1 saturated heterocycles. The van der Waals surface area contributed by atoms with Crippen molar-refractivity contribution in [3.63, 3.8) is 0 Å². The summed E-state index contributed by atoms with van der Waals surface area (Å²) in [6.07, 6.45) is 1.91. The minimum atomic E-state index is -0.0441. The zero-order chi connectivity index (χ0) is 17.6. The van der Waals surface area contributed by atoms with Crippen LogP contribution in [0.25, 0.3) is 0 Å². The molecule has 2 heterocycles. The highest BCUT2D eigenvalue weighted by molar-refractivity contribution is 7.99. The van der Waals surface area contributed by atoms with Crippen molar-refractivity contribution in [2.75, 3.05) is 19.6 Å². The quantitative estimate of drug-likeness (QED) is 0.778. The number of halogens is 2. The number of aromatic nitrogens is 2. The molecule has 26 heavy (non-hydrogen) atoms. The Hall–Kier alpha value is -1.34. The molecule has 1 atom stereocenters. The SMILES string of the molecule is CCCN(C(=O)c1ccc(Sc2ccccc2Cl)nn1)C1CCNC1.Cl. The lowest BCUT2D eigenvalue weighted by Gasteiger charge is -2.27. The molecule has 140 valence electrons. The van der Waals surface area contributed by atoms with Gasteiger partial charge in [0, 0.05) is 24.0 Å². The maximum absolute atomic E-state index is 12.8. The third-order valence-electron chi connectivity index (χ3n) is 4.11. The van der Waals surface area contributed by atoms with Crippen LogP contribution >= 0.6 is 35.8 Å². The number of carbonyl (C=O) groups is 1. The van der Waals surface area contributed by atoms with Crippen molar-refractivity contribution in [2.45, 2.75) is 35.7 Å². The number of nitrogens with one attached hydrogen (secondary N) is 1. The van der Waals surface area contributed by atoms with Crippen LogP contribution in [0.15, 0.2) is 46.3 Å². The zero-order valence-electron chi connectivity index (χ0n) is 14.5. The maximum atomic E-state index is 12.8. The Bertz CT molecular complexity index is 723. The topological polar surface area (TPSA) is 58.1 Å². The van der Waals surface area contributed by atoms with Gasteiger partial charge < -0.3 is 10.2 Å². The van der Waals surface area contributed by atoms with Crippen LogP contribution in [0.5, 0.6) is 0 Å². The highest BCUT2D eigenvalue weighted by Crippen LogP contribution is 2.31. The first-order valence-corrected chi connectivity index (χ1v) is 9.66. The van der Waals surface area contributed by atoms with Gasteiger partial charge in [-0.25, -0.2) is 0 Å². The number of hydrogen-bond donors (Lipinski definition) is 1. The van der Waals surface area contributed by atoms with Crippen LogP contribution in [0.3, 0.4) is 0 Å². The van der Waals surface area contributed by atoms with Crippen LogP contribution in [-0.4, -0.2) is 46.7 Å². The van der Waals surface area contributed by atoms with Gasteiger partial charge in [0.2, 0.25) is 0 Å². The maximum Gasteiger partial charge on any atom is 0.274 e. The van der Waals surface area contributed by atoms with Gasteiger partial charge in [-0.1, -0.05) is 42.4 Å². The molecule has 1 amide bonds. The fourth-order valence-electron chi connectivity index (χ4n) is 2.87. The molecule has 0 aliphatic carbocycles. The van der Waals surface area contributed by atoms with E-state index < -0.39 is 0 Å². The molecule has 1 N–H and O–H groups in total. The highest BCUT2D eigenvalue weighted by atomic mass is 35.5. The number of nitrogens with zero attached hydrogens (tertiary/aromatic N) is 3. The van der Waals surface area contributed by atoms with Gasteiger partial charge >= 0.3 is 0 Å². The van der Waals surface area contributed by atoms with Gasteiger partial charge in [-0.3, -0.25) is 4.79 Å². The van der Waals surface area contributed by atoms with Crippen molar-refractivity contribution in [2.24, 2.45) is 0 Å². The molecule has 1 aromatic carbocycles. The summed E-state index contributed by atoms with van der Waals surface area (Å²) in [6.45, 7) is 4.62. The van der Waals surface area contributed by atoms with E-state index in [1.165, 1.54) is 11.8 Å². The zero-order valence-corrected chi connectivity index (χ0v) is 16.9. The molecule has 0 saturated carbocycles. The van der Waals surface area contributed by atoms with Gasteiger partial charge in [0.1, 0.15) is 5.03 Å². The Balaban J connectivity index is 0.00000243. The van der Waals surface area contributed by atoms with E-state index in [-0.39, 0.29) is 24.4 Å². The second-order valence-corrected chi connectivity index (χ2v) is 7.40. The van der Waals surface area contributed by atoms with Crippen LogP contribution in [0.2, 0.25) is 5.02 Å². The average molecular weight is 413 g/mol. The van der Waals surface area contributed by atoms with Gasteiger partial charge in [0.15, 0.2) is 5.69 Å². The monoisotopic (exact) mass is 412 g/mol. The summed E-state index contributed by atoms with van der Waals surface area (Å²) in [5, 5.41) is 13.1. The summed E-state index contributed by atoms with van der Waals surface area (Å²) in [5.41, 5.74) is 0.392. The van der Waals surface area contributed by atoms with Gasteiger partial charge in [0.05, 0.1) is 5.02 Å². The minimum Gasteiger partial charge on any atom is -0.333 e. The van der Waals surface area contributed by atoms with E-state index >= 15 is 0 Å². The second kappa shape index (κ2) is 10.1. The summed E-state index contributed by atoms with van der Waals surface area (Å²) < 4.78 is 0. The van der Waals surface area contributed by atoms with Crippen molar-refractivity contribution in [3.05, 3.63) is 47.1 Å². The normalized spacial score (nSPS) is 16.2. The molecular weight excluding hydrogens is 391 g/mol. The molecule has 5 nitrogen and oxygen atoms in total. The van der Waals surface area contributed by atoms with E-state index in [0.29, 0.717) is 15.7 Å². The van der Waals surface area contributed by atoms with Gasteiger partial charge in [-0.2, -0.15) is 0 Å². The fraction of sp³-hybridized carbons (Fsp3) is 0.389. The summed E-state index contributed by atoms with van der Waals surface area (Å²) in [7, 11) is 0. The van der Waals surface area contributed by atoms with E-state index in [9.17, 15) is 4.79 Å². The van der Waals surface area contributed by atoms with Crippen molar-refractivity contribution in [1.82, 2.24) is 20.4 Å². The van der Waals surface area contributed by atoms with Crippen LogP contribution in [0.4, 0.5) is 0 Å². The Morgan fingerprint density at radius 1 is 1.31 bits per heavy atom. The molecule has 2 aromatic rings. The first-order chi connectivity index (χ1) is 12.2. The number of rotatable bonds is 6. The summed E-state index contributed by atoms with van der Waals surface area (Å²) in [5.74, 6) is -0.0441. The van der Waals surface area contributed by atoms with E-state index in [2.05, 4.69) is 22.4 Å². The van der Waals surface area contributed by atoms with E-state index in [0.717, 1.165) is 37.4 Å². The summed E-state index contributed by atoms with van der Waals surface area (Å²) in [6, 6.07) is 11.4. The lowest BCUT2D eigenvalue weighted by atomic mass is 10.2. The van der Waals surface area contributed by atoms with Gasteiger partial charge in [0.25, 0.3) is 5.91 Å². The predicted molar refractivity (Wildman–Crippen MR) is 107 cm³/mol. The standard InChI is InChI=1S/C18H21ClN4OS.ClH/c1-2-11-23(13-9-10-20-12-13)18(24)15-7-8-17(22-21-15)25-16-6-4-3-5-14(16)19;/h3-8,13,20H,2,9-12H2,1H3;1H. The molecule has 8 heteroatoms. The van der Waals surface area contributed by atoms with Crippen LogP contribution in [-0.2, 0) is 0 Å². The molecule has 1 aromatic heterocycles. The van der Waals surface area contributed by atoms with Crippen molar-refractivity contribution in [1.29, 1.82) is 0 Å². The number of amides is 1. The van der Waals surface area contributed by atoms with Crippen molar-refractivity contribution >= 4 is 41.7 Å². The third kappa shape index (κ3) is 5.10. The Morgan fingerprint density at radius 3 is 2.73 bits per heavy atom. The summed E-state index contributed by atoms with van der Waals surface area (Å²) in [4.78, 5) is 15.7. The van der Waals surface area contributed by atoms with Crippen LogP contribution in [0, 0.1) is 0 Å². The highest BCUT2D eigenvalue weighted by Gasteiger charge is 2.27. The first kappa shape index (κ1) is 21.0. The minimum absolute atomic E-state index is 0. The average Bonchev–Trinajstić information content (AvgIpc) is 3.16. The number of benzene rings is 1. The van der Waals surface area contributed by atoms with E-state index in [4.69, 9.17) is 11.6 Å². The molecule has 1 aliphatic heterocycles. The van der Waals surface area contributed by atoms with Crippen LogP contribution < -0.4 is 5.32 Å². The number of hydrogen-bond acceptors (Lipinski definition) is 5. The largest absolute Gasteiger partial charge is 0.333 e. The third-order valence-corrected chi connectivity index (χ3v) is 5.56. The first-order valence-electron chi connectivity index (χ1n) is 8.47. The molecule has 0 spiro atoms. The molecule has 1 fully saturated rings. The van der Waals surface area contributed by atoms with Crippen molar-refractivity contribution < 1.29 is 4.79 Å². The molecule has 0 radical (unpaired) electrons. The van der Waals surface area contributed by atoms with Crippen molar-refractivity contribution in [3.8, 4) is 0 Å². The van der Waals surface area contributed by atoms with Gasteiger partial charge in [-0.05, 0) is 43.7 Å². The molecule has 3 rings (SSSR count). The summed E-state index contributed by atoms with van der Waals surface area (Å²) >= 11 is 7.61. The van der Waals surface area contributed by atoms with E-state index in [1.54, 1.807) is 6.07 Å². The predicted octanol–water partition coefficient (Wildman–Crippen LogP) is 3.92. The molecule has 1 unspecified atom stereocenters. The second-order valence-electron chi connectivity index (χ2n) is 5.93. The smallest absolute Gasteiger partial charge is 0.274 e. The van der Waals surface area contributed by atoms with Gasteiger partial charge in [-0.15, -0.1) is 22.6 Å². The molecule has 0 bridgehead atoms. The van der Waals surface area contributed by atoms with E-state index in [1.807, 2.05) is 35.2 Å². The Labute approximate surface area is 169 Å². The molecule has 1 aliphatic rings. The molecular formula is C18H22Cl2N4OS.